The van der Waals surface area contributed by atoms with E-state index in [1.807, 2.05) is 9.80 Å². The monoisotopic (exact) mass is 402 g/mol. The number of methoxy groups -OCH3 is 1. The molecule has 4 rings (SSSR count). The molecule has 2 amide bonds. The molecule has 3 saturated heterocycles. The topological polar surface area (TPSA) is 68.3 Å². The van der Waals surface area contributed by atoms with Crippen molar-refractivity contribution in [3.8, 4) is 11.5 Å². The average molecular weight is 402 g/mol. The largest absolute Gasteiger partial charge is 0.497 e. The van der Waals surface area contributed by atoms with E-state index in [9.17, 15) is 9.59 Å². The van der Waals surface area contributed by atoms with Crippen molar-refractivity contribution in [2.24, 2.45) is 5.92 Å². The van der Waals surface area contributed by atoms with Crippen molar-refractivity contribution in [2.45, 2.75) is 38.2 Å². The Balaban J connectivity index is 1.41. The lowest BCUT2D eigenvalue weighted by Gasteiger charge is -2.34. The Kier molecular flexibility index (Phi) is 6.23. The third-order valence-electron chi connectivity index (χ3n) is 6.14. The molecule has 0 aromatic heterocycles. The molecule has 1 atom stereocenters. The van der Waals surface area contributed by atoms with E-state index in [1.165, 1.54) is 0 Å². The lowest BCUT2D eigenvalue weighted by atomic mass is 10.0. The molecule has 3 heterocycles. The van der Waals surface area contributed by atoms with E-state index in [-0.39, 0.29) is 23.8 Å². The number of carbonyl (C=O) groups excluding carboxylic acids is 2. The van der Waals surface area contributed by atoms with Gasteiger partial charge in [-0.1, -0.05) is 0 Å². The van der Waals surface area contributed by atoms with Crippen LogP contribution in [0.4, 0.5) is 0 Å². The fourth-order valence-corrected chi connectivity index (χ4v) is 4.36. The second kappa shape index (κ2) is 9.03. The second-order valence-electron chi connectivity index (χ2n) is 8.06. The van der Waals surface area contributed by atoms with E-state index >= 15 is 0 Å². The van der Waals surface area contributed by atoms with Crippen molar-refractivity contribution in [3.63, 3.8) is 0 Å². The van der Waals surface area contributed by atoms with E-state index in [2.05, 4.69) is 0 Å². The van der Waals surface area contributed by atoms with Gasteiger partial charge in [-0.15, -0.1) is 0 Å². The summed E-state index contributed by atoms with van der Waals surface area (Å²) in [5.41, 5.74) is 0.592. The number of amides is 2. The van der Waals surface area contributed by atoms with Gasteiger partial charge in [-0.05, 0) is 31.4 Å². The number of hydrogen-bond donors (Lipinski definition) is 0. The Morgan fingerprint density at radius 3 is 2.45 bits per heavy atom. The van der Waals surface area contributed by atoms with Gasteiger partial charge in [-0.2, -0.15) is 0 Å². The molecule has 29 heavy (non-hydrogen) atoms. The Hall–Kier alpha value is -2.28. The molecule has 0 spiro atoms. The summed E-state index contributed by atoms with van der Waals surface area (Å²) in [6, 6.07) is 5.41. The van der Waals surface area contributed by atoms with Gasteiger partial charge in [0.15, 0.2) is 0 Å². The van der Waals surface area contributed by atoms with E-state index in [1.54, 1.807) is 25.3 Å². The molecule has 1 aromatic rings. The lowest BCUT2D eigenvalue weighted by Crippen LogP contribution is -2.44. The Morgan fingerprint density at radius 1 is 1.03 bits per heavy atom. The first kappa shape index (κ1) is 20.0. The van der Waals surface area contributed by atoms with Gasteiger partial charge in [0.1, 0.15) is 17.6 Å². The van der Waals surface area contributed by atoms with Crippen LogP contribution in [0.15, 0.2) is 18.2 Å². The quantitative estimate of drug-likeness (QED) is 0.756. The third-order valence-corrected chi connectivity index (χ3v) is 6.14. The number of benzene rings is 1. The van der Waals surface area contributed by atoms with Crippen molar-refractivity contribution < 1.29 is 23.8 Å². The standard InChI is InChI=1S/C22H30N2O5/c1-27-18-4-5-19(22(26)23-9-2-3-10-23)20(14-18)29-17-6-11-24(12-7-17)21(25)16-8-13-28-15-16/h4-5,14,16-17H,2-3,6-13,15H2,1H3/t16-/m1/s1. The Morgan fingerprint density at radius 2 is 1.79 bits per heavy atom. The minimum absolute atomic E-state index is 0.00976. The molecule has 0 bridgehead atoms. The molecule has 7 nitrogen and oxygen atoms in total. The molecule has 158 valence electrons. The molecule has 3 aliphatic heterocycles. The van der Waals surface area contributed by atoms with Gasteiger partial charge < -0.3 is 24.0 Å². The predicted molar refractivity (Wildman–Crippen MR) is 107 cm³/mol. The van der Waals surface area contributed by atoms with Crippen LogP contribution in [0.5, 0.6) is 11.5 Å². The maximum Gasteiger partial charge on any atom is 0.257 e. The molecular weight excluding hydrogens is 372 g/mol. The van der Waals surface area contributed by atoms with Crippen LogP contribution < -0.4 is 9.47 Å². The SMILES string of the molecule is COc1ccc(C(=O)N2CCCC2)c(OC2CCN(C(=O)[C@@H]3CCOC3)CC2)c1. The van der Waals surface area contributed by atoms with Crippen LogP contribution in [0.25, 0.3) is 0 Å². The number of nitrogens with zero attached hydrogens (tertiary/aromatic N) is 2. The average Bonchev–Trinajstić information content (AvgIpc) is 3.47. The summed E-state index contributed by atoms with van der Waals surface area (Å²) in [6.45, 7) is 4.19. The molecule has 0 radical (unpaired) electrons. The number of hydrogen-bond acceptors (Lipinski definition) is 5. The Bertz CT molecular complexity index is 733. The highest BCUT2D eigenvalue weighted by atomic mass is 16.5. The zero-order valence-corrected chi connectivity index (χ0v) is 17.1. The summed E-state index contributed by atoms with van der Waals surface area (Å²) in [5.74, 6) is 1.49. The van der Waals surface area contributed by atoms with Crippen LogP contribution >= 0.6 is 0 Å². The van der Waals surface area contributed by atoms with Gasteiger partial charge in [0.2, 0.25) is 5.91 Å². The van der Waals surface area contributed by atoms with Crippen LogP contribution in [0.3, 0.4) is 0 Å². The van der Waals surface area contributed by atoms with Crippen molar-refractivity contribution in [2.75, 3.05) is 46.5 Å². The molecule has 3 aliphatic rings. The molecule has 0 unspecified atom stereocenters. The number of carbonyl (C=O) groups is 2. The highest BCUT2D eigenvalue weighted by molar-refractivity contribution is 5.97. The van der Waals surface area contributed by atoms with Crippen molar-refractivity contribution in [1.29, 1.82) is 0 Å². The summed E-state index contributed by atoms with van der Waals surface area (Å²) in [6.07, 6.45) is 4.42. The van der Waals surface area contributed by atoms with E-state index < -0.39 is 0 Å². The third kappa shape index (κ3) is 4.50. The van der Waals surface area contributed by atoms with Gasteiger partial charge in [-0.25, -0.2) is 0 Å². The summed E-state index contributed by atoms with van der Waals surface area (Å²) in [4.78, 5) is 29.3. The normalized spacial score (nSPS) is 22.7. The Labute approximate surface area is 171 Å². The van der Waals surface area contributed by atoms with Crippen LogP contribution in [-0.4, -0.2) is 74.2 Å². The number of rotatable bonds is 5. The summed E-state index contributed by atoms with van der Waals surface area (Å²) >= 11 is 0. The molecule has 3 fully saturated rings. The first-order chi connectivity index (χ1) is 14.2. The molecule has 0 aliphatic carbocycles. The molecule has 1 aromatic carbocycles. The second-order valence-corrected chi connectivity index (χ2v) is 8.06. The zero-order chi connectivity index (χ0) is 20.2. The van der Waals surface area contributed by atoms with Crippen molar-refractivity contribution in [1.82, 2.24) is 9.80 Å². The van der Waals surface area contributed by atoms with Crippen LogP contribution in [0.2, 0.25) is 0 Å². The minimum Gasteiger partial charge on any atom is -0.497 e. The van der Waals surface area contributed by atoms with Gasteiger partial charge in [-0.3, -0.25) is 9.59 Å². The minimum atomic E-state index is -0.0175. The van der Waals surface area contributed by atoms with Crippen LogP contribution in [0, 0.1) is 5.92 Å². The van der Waals surface area contributed by atoms with Crippen LogP contribution in [-0.2, 0) is 9.53 Å². The van der Waals surface area contributed by atoms with E-state index in [0.717, 1.165) is 45.2 Å². The van der Waals surface area contributed by atoms with Gasteiger partial charge in [0, 0.05) is 51.7 Å². The fraction of sp³-hybridized carbons (Fsp3) is 0.636. The van der Waals surface area contributed by atoms with Crippen LogP contribution in [0.1, 0.15) is 42.5 Å². The fourth-order valence-electron chi connectivity index (χ4n) is 4.36. The zero-order valence-electron chi connectivity index (χ0n) is 17.1. The first-order valence-electron chi connectivity index (χ1n) is 10.7. The van der Waals surface area contributed by atoms with E-state index in [4.69, 9.17) is 14.2 Å². The van der Waals surface area contributed by atoms with Crippen molar-refractivity contribution >= 4 is 11.8 Å². The molecule has 0 saturated carbocycles. The molecule has 0 N–H and O–H groups in total. The highest BCUT2D eigenvalue weighted by Gasteiger charge is 2.32. The smallest absolute Gasteiger partial charge is 0.257 e. The van der Waals surface area contributed by atoms with Crippen molar-refractivity contribution in [3.05, 3.63) is 23.8 Å². The highest BCUT2D eigenvalue weighted by Crippen LogP contribution is 2.30. The number of piperidine rings is 1. The first-order valence-corrected chi connectivity index (χ1v) is 10.7. The van der Waals surface area contributed by atoms with Gasteiger partial charge in [0.05, 0.1) is 25.2 Å². The van der Waals surface area contributed by atoms with Gasteiger partial charge in [0.25, 0.3) is 5.91 Å². The lowest BCUT2D eigenvalue weighted by molar-refractivity contribution is -0.137. The summed E-state index contributed by atoms with van der Waals surface area (Å²) in [5, 5.41) is 0. The maximum atomic E-state index is 12.9. The predicted octanol–water partition coefficient (Wildman–Crippen LogP) is 2.34. The molecule has 7 heteroatoms. The molecular formula is C22H30N2O5. The van der Waals surface area contributed by atoms with Gasteiger partial charge >= 0.3 is 0 Å². The maximum absolute atomic E-state index is 12.9. The number of ether oxygens (including phenoxy) is 3. The van der Waals surface area contributed by atoms with E-state index in [0.29, 0.717) is 43.4 Å². The summed E-state index contributed by atoms with van der Waals surface area (Å²) < 4.78 is 17.0. The number of likely N-dealkylation sites (tertiary alicyclic amines) is 2. The summed E-state index contributed by atoms with van der Waals surface area (Å²) in [7, 11) is 1.61.